The second kappa shape index (κ2) is 6.53. The zero-order valence-electron chi connectivity index (χ0n) is 12.9. The molecule has 0 aliphatic rings. The van der Waals surface area contributed by atoms with E-state index in [9.17, 15) is 9.90 Å². The zero-order valence-corrected chi connectivity index (χ0v) is 12.9. The Kier molecular flexibility index (Phi) is 4.29. The quantitative estimate of drug-likeness (QED) is 0.767. The van der Waals surface area contributed by atoms with Crippen LogP contribution in [-0.4, -0.2) is 17.2 Å². The highest BCUT2D eigenvalue weighted by Crippen LogP contribution is 2.26. The van der Waals surface area contributed by atoms with E-state index in [0.717, 1.165) is 21.9 Å². The number of hydrogen-bond donors (Lipinski definition) is 1. The number of rotatable bonds is 5. The van der Waals surface area contributed by atoms with Crippen molar-refractivity contribution in [2.75, 3.05) is 0 Å². The van der Waals surface area contributed by atoms with E-state index >= 15 is 0 Å². The number of carboxylic acid groups (broad SMARTS) is 1. The summed E-state index contributed by atoms with van der Waals surface area (Å²) < 4.78 is 5.82. The predicted molar refractivity (Wildman–Crippen MR) is 90.9 cm³/mol. The molecule has 0 radical (unpaired) electrons. The summed E-state index contributed by atoms with van der Waals surface area (Å²) in [6.07, 6.45) is -0.581. The van der Waals surface area contributed by atoms with Gasteiger partial charge < -0.3 is 9.84 Å². The number of carboxylic acids is 1. The first kappa shape index (κ1) is 15.1. The Labute approximate surface area is 135 Å². The third-order valence-corrected chi connectivity index (χ3v) is 3.84. The molecular weight excluding hydrogens is 288 g/mol. The van der Waals surface area contributed by atoms with Crippen LogP contribution in [0.5, 0.6) is 5.75 Å². The Morgan fingerprint density at radius 1 is 1.00 bits per heavy atom. The van der Waals surface area contributed by atoms with E-state index in [2.05, 4.69) is 0 Å². The summed E-state index contributed by atoms with van der Waals surface area (Å²) in [6.45, 7) is 2.01. The van der Waals surface area contributed by atoms with Crippen LogP contribution in [-0.2, 0) is 11.2 Å². The van der Waals surface area contributed by atoms with Crippen molar-refractivity contribution < 1.29 is 14.6 Å². The number of carbonyl (C=O) groups is 1. The fourth-order valence-corrected chi connectivity index (χ4v) is 2.57. The van der Waals surface area contributed by atoms with Gasteiger partial charge in [-0.3, -0.25) is 0 Å². The summed E-state index contributed by atoms with van der Waals surface area (Å²) in [6, 6.07) is 21.3. The van der Waals surface area contributed by atoms with Crippen LogP contribution in [0.3, 0.4) is 0 Å². The van der Waals surface area contributed by atoms with Crippen LogP contribution < -0.4 is 4.74 Å². The average molecular weight is 306 g/mol. The van der Waals surface area contributed by atoms with Crippen molar-refractivity contribution in [3.63, 3.8) is 0 Å². The van der Waals surface area contributed by atoms with E-state index in [-0.39, 0.29) is 0 Å². The van der Waals surface area contributed by atoms with Crippen molar-refractivity contribution >= 4 is 16.7 Å². The van der Waals surface area contributed by atoms with Crippen LogP contribution >= 0.6 is 0 Å². The van der Waals surface area contributed by atoms with Gasteiger partial charge in [0, 0.05) is 11.8 Å². The van der Waals surface area contributed by atoms with E-state index in [1.807, 2.05) is 73.7 Å². The van der Waals surface area contributed by atoms with Gasteiger partial charge in [-0.25, -0.2) is 4.79 Å². The number of ether oxygens (including phenoxy) is 1. The summed E-state index contributed by atoms with van der Waals surface area (Å²) in [7, 11) is 0. The molecule has 116 valence electrons. The van der Waals surface area contributed by atoms with Gasteiger partial charge in [0.25, 0.3) is 0 Å². The molecule has 0 amide bonds. The van der Waals surface area contributed by atoms with Crippen LogP contribution in [0.1, 0.15) is 11.1 Å². The third kappa shape index (κ3) is 3.51. The molecule has 3 heteroatoms. The molecule has 3 nitrogen and oxygen atoms in total. The zero-order chi connectivity index (χ0) is 16.2. The van der Waals surface area contributed by atoms with Crippen molar-refractivity contribution in [2.24, 2.45) is 0 Å². The van der Waals surface area contributed by atoms with Crippen molar-refractivity contribution in [3.8, 4) is 5.75 Å². The van der Waals surface area contributed by atoms with Gasteiger partial charge in [0.1, 0.15) is 5.75 Å². The van der Waals surface area contributed by atoms with Crippen LogP contribution in [0.25, 0.3) is 10.8 Å². The molecule has 0 spiro atoms. The summed E-state index contributed by atoms with van der Waals surface area (Å²) in [5, 5.41) is 11.5. The van der Waals surface area contributed by atoms with E-state index in [0.29, 0.717) is 12.2 Å². The summed E-state index contributed by atoms with van der Waals surface area (Å²) in [4.78, 5) is 11.6. The first-order chi connectivity index (χ1) is 11.1. The summed E-state index contributed by atoms with van der Waals surface area (Å²) in [5.74, 6) is -0.360. The maximum atomic E-state index is 11.6. The lowest BCUT2D eigenvalue weighted by atomic mass is 10.1. The second-order valence-electron chi connectivity index (χ2n) is 5.61. The van der Waals surface area contributed by atoms with Gasteiger partial charge in [-0.2, -0.15) is 0 Å². The predicted octanol–water partition coefficient (Wildman–Crippen LogP) is 4.22. The van der Waals surface area contributed by atoms with Crippen molar-refractivity contribution in [3.05, 3.63) is 77.9 Å². The van der Waals surface area contributed by atoms with Gasteiger partial charge in [0.05, 0.1) is 0 Å². The topological polar surface area (TPSA) is 46.5 Å². The Morgan fingerprint density at radius 3 is 2.43 bits per heavy atom. The van der Waals surface area contributed by atoms with Crippen LogP contribution in [0.2, 0.25) is 0 Å². The van der Waals surface area contributed by atoms with Gasteiger partial charge in [-0.1, -0.05) is 66.2 Å². The van der Waals surface area contributed by atoms with Crippen molar-refractivity contribution in [1.29, 1.82) is 0 Å². The minimum absolute atomic E-state index is 0.332. The van der Waals surface area contributed by atoms with Crippen LogP contribution in [0.4, 0.5) is 0 Å². The Balaban J connectivity index is 1.87. The highest BCUT2D eigenvalue weighted by molar-refractivity contribution is 5.88. The lowest BCUT2D eigenvalue weighted by Crippen LogP contribution is -2.29. The number of hydrogen-bond acceptors (Lipinski definition) is 2. The minimum Gasteiger partial charge on any atom is -0.478 e. The van der Waals surface area contributed by atoms with E-state index in [1.165, 1.54) is 0 Å². The number of benzene rings is 3. The molecule has 1 unspecified atom stereocenters. The summed E-state index contributed by atoms with van der Waals surface area (Å²) in [5.41, 5.74) is 2.10. The minimum atomic E-state index is -0.960. The maximum absolute atomic E-state index is 11.6. The molecule has 3 rings (SSSR count). The van der Waals surface area contributed by atoms with Crippen molar-refractivity contribution in [1.82, 2.24) is 0 Å². The van der Waals surface area contributed by atoms with Gasteiger partial charge >= 0.3 is 5.97 Å². The normalized spacial score (nSPS) is 12.0. The number of aryl methyl sites for hydroxylation is 1. The smallest absolute Gasteiger partial charge is 0.345 e. The molecule has 1 atom stereocenters. The Bertz CT molecular complexity index is 816. The monoisotopic (exact) mass is 306 g/mol. The Hall–Kier alpha value is -2.81. The molecule has 3 aromatic carbocycles. The molecule has 3 aromatic rings. The second-order valence-corrected chi connectivity index (χ2v) is 5.61. The molecule has 0 heterocycles. The SMILES string of the molecule is Cc1ccc(CC(Oc2cccc3ccccc23)C(=O)O)cc1. The fourth-order valence-electron chi connectivity index (χ4n) is 2.57. The third-order valence-electron chi connectivity index (χ3n) is 3.84. The molecule has 0 aliphatic carbocycles. The number of fused-ring (bicyclic) bond motifs is 1. The van der Waals surface area contributed by atoms with Crippen molar-refractivity contribution in [2.45, 2.75) is 19.4 Å². The molecule has 0 bridgehead atoms. The molecular formula is C20H18O3. The lowest BCUT2D eigenvalue weighted by molar-refractivity contribution is -0.144. The average Bonchev–Trinajstić information content (AvgIpc) is 2.56. The van der Waals surface area contributed by atoms with E-state index in [4.69, 9.17) is 4.74 Å². The summed E-state index contributed by atoms with van der Waals surface area (Å²) >= 11 is 0. The van der Waals surface area contributed by atoms with Crippen LogP contribution in [0, 0.1) is 6.92 Å². The highest BCUT2D eigenvalue weighted by Gasteiger charge is 2.21. The molecule has 0 fully saturated rings. The first-order valence-corrected chi connectivity index (χ1v) is 7.56. The van der Waals surface area contributed by atoms with Gasteiger partial charge in [0.2, 0.25) is 0 Å². The number of aliphatic carboxylic acids is 1. The van der Waals surface area contributed by atoms with Crippen LogP contribution in [0.15, 0.2) is 66.7 Å². The van der Waals surface area contributed by atoms with Gasteiger partial charge in [0.15, 0.2) is 6.10 Å². The largest absolute Gasteiger partial charge is 0.478 e. The lowest BCUT2D eigenvalue weighted by Gasteiger charge is -2.17. The van der Waals surface area contributed by atoms with E-state index < -0.39 is 12.1 Å². The first-order valence-electron chi connectivity index (χ1n) is 7.56. The molecule has 0 aromatic heterocycles. The molecule has 0 saturated heterocycles. The molecule has 23 heavy (non-hydrogen) atoms. The highest BCUT2D eigenvalue weighted by atomic mass is 16.5. The standard InChI is InChI=1S/C20H18O3/c1-14-9-11-15(12-10-14)13-19(20(21)22)23-18-8-4-6-16-5-2-3-7-17(16)18/h2-12,19H,13H2,1H3,(H,21,22). The van der Waals surface area contributed by atoms with Gasteiger partial charge in [-0.15, -0.1) is 0 Å². The maximum Gasteiger partial charge on any atom is 0.345 e. The van der Waals surface area contributed by atoms with Gasteiger partial charge in [-0.05, 0) is 23.9 Å². The Morgan fingerprint density at radius 2 is 1.70 bits per heavy atom. The molecule has 0 aliphatic heterocycles. The molecule has 1 N–H and O–H groups in total. The fraction of sp³-hybridized carbons (Fsp3) is 0.150. The van der Waals surface area contributed by atoms with E-state index in [1.54, 1.807) is 0 Å². The molecule has 0 saturated carbocycles.